The van der Waals surface area contributed by atoms with Gasteiger partial charge in [0.25, 0.3) is 5.91 Å². The van der Waals surface area contributed by atoms with Crippen LogP contribution >= 0.6 is 11.6 Å². The lowest BCUT2D eigenvalue weighted by Gasteiger charge is -2.45. The summed E-state index contributed by atoms with van der Waals surface area (Å²) in [4.78, 5) is 27.6. The summed E-state index contributed by atoms with van der Waals surface area (Å²) >= 11 is 6.12. The predicted molar refractivity (Wildman–Crippen MR) is 84.7 cm³/mol. The van der Waals surface area contributed by atoms with Crippen LogP contribution in [-0.2, 0) is 9.59 Å². The number of nitrogens with zero attached hydrogens (tertiary/aromatic N) is 2. The second-order valence-electron chi connectivity index (χ2n) is 6.96. The zero-order valence-corrected chi connectivity index (χ0v) is 14.4. The number of carbonyl (C=O) groups excluding carboxylic acids is 2. The fourth-order valence-corrected chi connectivity index (χ4v) is 4.33. The third-order valence-electron chi connectivity index (χ3n) is 5.42. The Balaban J connectivity index is 1.60. The largest absolute Gasteiger partial charge is 0.391 e. The lowest BCUT2D eigenvalue weighted by molar-refractivity contribution is -0.188. The van der Waals surface area contributed by atoms with Gasteiger partial charge in [0.2, 0.25) is 5.91 Å². The SMILES string of the molecule is O=C1NNCC(N2CCN(C3CCCC(C(F)(F)F)C3)C(=O)C2)C1Cl. The van der Waals surface area contributed by atoms with E-state index in [2.05, 4.69) is 10.9 Å². The molecule has 3 rings (SSSR count). The van der Waals surface area contributed by atoms with Crippen LogP contribution in [0.5, 0.6) is 0 Å². The molecule has 2 aliphatic heterocycles. The van der Waals surface area contributed by atoms with Crippen LogP contribution < -0.4 is 10.9 Å². The number of amides is 2. The van der Waals surface area contributed by atoms with Gasteiger partial charge >= 0.3 is 6.18 Å². The molecule has 3 fully saturated rings. The molecule has 2 saturated heterocycles. The van der Waals surface area contributed by atoms with Crippen molar-refractivity contribution < 1.29 is 22.8 Å². The summed E-state index contributed by atoms with van der Waals surface area (Å²) in [7, 11) is 0. The fourth-order valence-electron chi connectivity index (χ4n) is 4.02. The number of carbonyl (C=O) groups is 2. The molecule has 0 bridgehead atoms. The fraction of sp³-hybridized carbons (Fsp3) is 0.867. The van der Waals surface area contributed by atoms with Gasteiger partial charge in [-0.2, -0.15) is 13.2 Å². The quantitative estimate of drug-likeness (QED) is 0.695. The maximum Gasteiger partial charge on any atom is 0.391 e. The minimum absolute atomic E-state index is 0.0131. The van der Waals surface area contributed by atoms with Crippen LogP contribution in [0.25, 0.3) is 0 Å². The number of hydrogen-bond acceptors (Lipinski definition) is 4. The summed E-state index contributed by atoms with van der Waals surface area (Å²) in [5.74, 6) is -1.85. The minimum Gasteiger partial charge on any atom is -0.337 e. The molecule has 2 N–H and O–H groups in total. The van der Waals surface area contributed by atoms with E-state index >= 15 is 0 Å². The van der Waals surface area contributed by atoms with Crippen molar-refractivity contribution >= 4 is 23.4 Å². The van der Waals surface area contributed by atoms with Crippen LogP contribution in [0, 0.1) is 5.92 Å². The summed E-state index contributed by atoms with van der Waals surface area (Å²) in [6.45, 7) is 1.38. The third kappa shape index (κ3) is 4.03. The molecule has 1 aliphatic carbocycles. The van der Waals surface area contributed by atoms with Gasteiger partial charge in [0.05, 0.1) is 12.5 Å². The molecule has 2 amide bonds. The van der Waals surface area contributed by atoms with Gasteiger partial charge in [-0.25, -0.2) is 5.43 Å². The third-order valence-corrected chi connectivity index (χ3v) is 5.91. The van der Waals surface area contributed by atoms with Gasteiger partial charge in [-0.05, 0) is 19.3 Å². The van der Waals surface area contributed by atoms with Gasteiger partial charge in [0.1, 0.15) is 5.38 Å². The minimum atomic E-state index is -4.20. The standard InChI is InChI=1S/C15H22ClF3N4O2/c16-13-11(7-20-21-14(13)25)22-4-5-23(12(24)8-22)10-3-1-2-9(6-10)15(17,18)19/h9-11,13,20H,1-8H2,(H,21,25). The average Bonchev–Trinajstić information content (AvgIpc) is 2.56. The number of hydrogen-bond donors (Lipinski definition) is 2. The van der Waals surface area contributed by atoms with Crippen LogP contribution in [0.15, 0.2) is 0 Å². The molecule has 1 saturated carbocycles. The second-order valence-corrected chi connectivity index (χ2v) is 7.43. The topological polar surface area (TPSA) is 64.7 Å². The molecule has 142 valence electrons. The Morgan fingerprint density at radius 3 is 2.60 bits per heavy atom. The number of nitrogens with one attached hydrogen (secondary N) is 2. The van der Waals surface area contributed by atoms with E-state index in [1.807, 2.05) is 4.90 Å². The molecule has 6 nitrogen and oxygen atoms in total. The summed E-state index contributed by atoms with van der Waals surface area (Å²) in [6.07, 6.45) is -2.97. The molecular weight excluding hydrogens is 361 g/mol. The van der Waals surface area contributed by atoms with Crippen LogP contribution in [0.4, 0.5) is 13.2 Å². The normalized spacial score (nSPS) is 35.6. The van der Waals surface area contributed by atoms with Gasteiger partial charge in [-0.15, -0.1) is 11.6 Å². The molecule has 4 unspecified atom stereocenters. The maximum atomic E-state index is 13.0. The Bertz CT molecular complexity index is 533. The summed E-state index contributed by atoms with van der Waals surface area (Å²) in [5.41, 5.74) is 5.19. The van der Waals surface area contributed by atoms with Crippen molar-refractivity contribution in [3.63, 3.8) is 0 Å². The van der Waals surface area contributed by atoms with Crippen LogP contribution in [0.2, 0.25) is 0 Å². The van der Waals surface area contributed by atoms with E-state index in [1.165, 1.54) is 0 Å². The van der Waals surface area contributed by atoms with Crippen molar-refractivity contribution in [2.24, 2.45) is 5.92 Å². The van der Waals surface area contributed by atoms with E-state index in [4.69, 9.17) is 11.6 Å². The lowest BCUT2D eigenvalue weighted by Crippen LogP contribution is -2.66. The molecule has 0 spiro atoms. The van der Waals surface area contributed by atoms with E-state index in [0.29, 0.717) is 32.5 Å². The Labute approximate surface area is 149 Å². The highest BCUT2D eigenvalue weighted by Crippen LogP contribution is 2.39. The first-order valence-corrected chi connectivity index (χ1v) is 8.98. The van der Waals surface area contributed by atoms with E-state index < -0.39 is 17.5 Å². The van der Waals surface area contributed by atoms with Crippen molar-refractivity contribution in [2.45, 2.75) is 49.3 Å². The monoisotopic (exact) mass is 382 g/mol. The Hall–Kier alpha value is -1.06. The zero-order valence-electron chi connectivity index (χ0n) is 13.7. The van der Waals surface area contributed by atoms with Gasteiger partial charge in [-0.3, -0.25) is 19.9 Å². The first-order chi connectivity index (χ1) is 11.8. The van der Waals surface area contributed by atoms with E-state index in [0.717, 1.165) is 0 Å². The maximum absolute atomic E-state index is 13.0. The molecular formula is C15H22ClF3N4O2. The van der Waals surface area contributed by atoms with E-state index in [-0.39, 0.29) is 43.3 Å². The van der Waals surface area contributed by atoms with Crippen molar-refractivity contribution in [3.8, 4) is 0 Å². The van der Waals surface area contributed by atoms with Crippen molar-refractivity contribution in [2.75, 3.05) is 26.2 Å². The highest BCUT2D eigenvalue weighted by atomic mass is 35.5. The number of alkyl halides is 4. The smallest absolute Gasteiger partial charge is 0.337 e. The number of hydrazine groups is 1. The first-order valence-electron chi connectivity index (χ1n) is 8.54. The van der Waals surface area contributed by atoms with Crippen LogP contribution in [0.1, 0.15) is 25.7 Å². The van der Waals surface area contributed by atoms with Crippen molar-refractivity contribution in [1.29, 1.82) is 0 Å². The van der Waals surface area contributed by atoms with Crippen LogP contribution in [0.3, 0.4) is 0 Å². The highest BCUT2D eigenvalue weighted by Gasteiger charge is 2.45. The van der Waals surface area contributed by atoms with Crippen LogP contribution in [-0.4, -0.2) is 71.4 Å². The van der Waals surface area contributed by atoms with Crippen molar-refractivity contribution in [3.05, 3.63) is 0 Å². The van der Waals surface area contributed by atoms with Gasteiger partial charge in [-0.1, -0.05) is 6.42 Å². The molecule has 25 heavy (non-hydrogen) atoms. The molecule has 4 atom stereocenters. The molecule has 0 aromatic rings. The number of rotatable bonds is 2. The van der Waals surface area contributed by atoms with Gasteiger partial charge in [0, 0.05) is 31.7 Å². The molecule has 0 aromatic carbocycles. The molecule has 3 aliphatic rings. The summed E-state index contributed by atoms with van der Waals surface area (Å²) in [6, 6.07) is -0.662. The Morgan fingerprint density at radius 1 is 1.16 bits per heavy atom. The molecule has 2 heterocycles. The highest BCUT2D eigenvalue weighted by molar-refractivity contribution is 6.31. The first kappa shape index (κ1) is 18.7. The number of piperazine rings is 1. The predicted octanol–water partition coefficient (Wildman–Crippen LogP) is 0.862. The summed E-state index contributed by atoms with van der Waals surface area (Å²) < 4.78 is 39.0. The van der Waals surface area contributed by atoms with Gasteiger partial charge in [0.15, 0.2) is 0 Å². The Morgan fingerprint density at radius 2 is 1.92 bits per heavy atom. The van der Waals surface area contributed by atoms with Gasteiger partial charge < -0.3 is 4.90 Å². The summed E-state index contributed by atoms with van der Waals surface area (Å²) in [5, 5.41) is -0.759. The molecule has 0 aromatic heterocycles. The second kappa shape index (κ2) is 7.28. The number of halogens is 4. The molecule has 0 radical (unpaired) electrons. The lowest BCUT2D eigenvalue weighted by atomic mass is 9.84. The van der Waals surface area contributed by atoms with E-state index in [9.17, 15) is 22.8 Å². The Kier molecular flexibility index (Phi) is 5.45. The zero-order chi connectivity index (χ0) is 18.2. The van der Waals surface area contributed by atoms with E-state index in [1.54, 1.807) is 4.90 Å². The van der Waals surface area contributed by atoms with Crippen molar-refractivity contribution in [1.82, 2.24) is 20.7 Å². The average molecular weight is 383 g/mol. The molecule has 10 heteroatoms.